The van der Waals surface area contributed by atoms with Crippen LogP contribution in [0.15, 0.2) is 36.0 Å². The Kier molecular flexibility index (Phi) is 6.74. The molecule has 1 fully saturated rings. The first-order chi connectivity index (χ1) is 12.0. The van der Waals surface area contributed by atoms with Crippen molar-refractivity contribution in [2.45, 2.75) is 39.2 Å². The number of nitrogens with one attached hydrogen (secondary N) is 1. The second kappa shape index (κ2) is 9.01. The second-order valence-electron chi connectivity index (χ2n) is 6.16. The number of piperidine rings is 1. The van der Waals surface area contributed by atoms with E-state index in [-0.39, 0.29) is 30.2 Å². The summed E-state index contributed by atoms with van der Waals surface area (Å²) in [6.07, 6.45) is 4.56. The van der Waals surface area contributed by atoms with E-state index < -0.39 is 5.97 Å². The average Bonchev–Trinajstić information content (AvgIpc) is 2.59. The van der Waals surface area contributed by atoms with E-state index in [1.165, 1.54) is 13.0 Å². The zero-order chi connectivity index (χ0) is 18.2. The Labute approximate surface area is 147 Å². The summed E-state index contributed by atoms with van der Waals surface area (Å²) in [4.78, 5) is 37.6. The third-order valence-electron chi connectivity index (χ3n) is 4.09. The van der Waals surface area contributed by atoms with Crippen molar-refractivity contribution in [3.8, 4) is 0 Å². The van der Waals surface area contributed by atoms with Gasteiger partial charge in [0, 0.05) is 19.5 Å². The predicted molar refractivity (Wildman–Crippen MR) is 94.2 cm³/mol. The first-order valence-electron chi connectivity index (χ1n) is 8.48. The van der Waals surface area contributed by atoms with E-state index in [9.17, 15) is 14.4 Å². The highest BCUT2D eigenvalue weighted by Crippen LogP contribution is 2.16. The molecule has 1 aromatic rings. The number of benzene rings is 1. The van der Waals surface area contributed by atoms with Gasteiger partial charge in [0.1, 0.15) is 5.70 Å². The molecule has 2 rings (SSSR count). The minimum absolute atomic E-state index is 0.0122. The summed E-state index contributed by atoms with van der Waals surface area (Å²) in [5.41, 5.74) is 0.761. The molecule has 2 amide bonds. The Balaban J connectivity index is 2.00. The number of nitrogens with zero attached hydrogens (tertiary/aromatic N) is 1. The van der Waals surface area contributed by atoms with E-state index >= 15 is 0 Å². The van der Waals surface area contributed by atoms with Crippen LogP contribution in [0, 0.1) is 0 Å². The maximum absolute atomic E-state index is 12.3. The number of rotatable bonds is 5. The molecule has 1 atom stereocenters. The number of hydrogen-bond donors (Lipinski definition) is 1. The SMILES string of the molecule is CC(=O)N/C(=C\c1ccccc1)C(=O)OCC(=O)N1CCCC[C@H]1C. The van der Waals surface area contributed by atoms with Gasteiger partial charge in [0.05, 0.1) is 0 Å². The number of ether oxygens (including phenoxy) is 1. The fraction of sp³-hybridized carbons (Fsp3) is 0.421. The van der Waals surface area contributed by atoms with E-state index in [0.29, 0.717) is 6.54 Å². The number of carbonyl (C=O) groups excluding carboxylic acids is 3. The van der Waals surface area contributed by atoms with Crippen LogP contribution in [-0.4, -0.2) is 41.9 Å². The summed E-state index contributed by atoms with van der Waals surface area (Å²) in [6.45, 7) is 3.68. The van der Waals surface area contributed by atoms with Crippen LogP contribution in [0.5, 0.6) is 0 Å². The maximum atomic E-state index is 12.3. The fourth-order valence-corrected chi connectivity index (χ4v) is 2.81. The lowest BCUT2D eigenvalue weighted by molar-refractivity contribution is -0.151. The number of esters is 1. The number of hydrogen-bond acceptors (Lipinski definition) is 4. The summed E-state index contributed by atoms with van der Waals surface area (Å²) in [7, 11) is 0. The van der Waals surface area contributed by atoms with Crippen molar-refractivity contribution in [3.05, 3.63) is 41.6 Å². The summed E-state index contributed by atoms with van der Waals surface area (Å²) in [5, 5.41) is 2.46. The van der Waals surface area contributed by atoms with E-state index in [1.54, 1.807) is 17.0 Å². The lowest BCUT2D eigenvalue weighted by Crippen LogP contribution is -2.44. The van der Waals surface area contributed by atoms with Crippen molar-refractivity contribution in [1.29, 1.82) is 0 Å². The van der Waals surface area contributed by atoms with Crippen molar-refractivity contribution < 1.29 is 19.1 Å². The summed E-state index contributed by atoms with van der Waals surface area (Å²) < 4.78 is 5.13. The zero-order valence-corrected chi connectivity index (χ0v) is 14.7. The third kappa shape index (κ3) is 5.74. The minimum Gasteiger partial charge on any atom is -0.451 e. The van der Waals surface area contributed by atoms with Crippen molar-refractivity contribution in [2.24, 2.45) is 0 Å². The normalized spacial score (nSPS) is 17.8. The van der Waals surface area contributed by atoms with Crippen LogP contribution in [-0.2, 0) is 19.1 Å². The summed E-state index contributed by atoms with van der Waals surface area (Å²) in [5.74, 6) is -1.31. The zero-order valence-electron chi connectivity index (χ0n) is 14.7. The van der Waals surface area contributed by atoms with Crippen LogP contribution >= 0.6 is 0 Å². The first-order valence-corrected chi connectivity index (χ1v) is 8.48. The van der Waals surface area contributed by atoms with Crippen molar-refractivity contribution >= 4 is 23.9 Å². The molecule has 6 nitrogen and oxygen atoms in total. The highest BCUT2D eigenvalue weighted by Gasteiger charge is 2.24. The fourth-order valence-electron chi connectivity index (χ4n) is 2.81. The molecule has 1 aromatic carbocycles. The second-order valence-corrected chi connectivity index (χ2v) is 6.16. The topological polar surface area (TPSA) is 75.7 Å². The molecule has 1 aliphatic rings. The van der Waals surface area contributed by atoms with Gasteiger partial charge < -0.3 is 15.0 Å². The van der Waals surface area contributed by atoms with Gasteiger partial charge >= 0.3 is 5.97 Å². The molecular formula is C19H24N2O4. The number of amides is 2. The van der Waals surface area contributed by atoms with Crippen LogP contribution in [0.1, 0.15) is 38.7 Å². The van der Waals surface area contributed by atoms with Gasteiger partial charge in [-0.05, 0) is 37.8 Å². The average molecular weight is 344 g/mol. The van der Waals surface area contributed by atoms with Crippen LogP contribution in [0.4, 0.5) is 0 Å². The highest BCUT2D eigenvalue weighted by atomic mass is 16.5. The summed E-state index contributed by atoms with van der Waals surface area (Å²) in [6, 6.07) is 9.26. The van der Waals surface area contributed by atoms with Gasteiger partial charge in [-0.25, -0.2) is 4.79 Å². The van der Waals surface area contributed by atoms with Crippen LogP contribution < -0.4 is 5.32 Å². The smallest absolute Gasteiger partial charge is 0.355 e. The molecule has 0 radical (unpaired) electrons. The Morgan fingerprint density at radius 1 is 1.24 bits per heavy atom. The summed E-state index contributed by atoms with van der Waals surface area (Å²) >= 11 is 0. The predicted octanol–water partition coefficient (Wildman–Crippen LogP) is 2.11. The number of likely N-dealkylation sites (tertiary alicyclic amines) is 1. The third-order valence-corrected chi connectivity index (χ3v) is 4.09. The quantitative estimate of drug-likeness (QED) is 0.656. The van der Waals surface area contributed by atoms with Gasteiger partial charge in [-0.2, -0.15) is 0 Å². The van der Waals surface area contributed by atoms with Gasteiger partial charge in [0.2, 0.25) is 5.91 Å². The van der Waals surface area contributed by atoms with Crippen molar-refractivity contribution in [2.75, 3.05) is 13.2 Å². The standard InChI is InChI=1S/C19H24N2O4/c1-14-8-6-7-11-21(14)18(23)13-25-19(24)17(20-15(2)22)12-16-9-4-3-5-10-16/h3-5,9-10,12,14H,6-8,11,13H2,1-2H3,(H,20,22)/b17-12-/t14-/m1/s1. The molecule has 134 valence electrons. The maximum Gasteiger partial charge on any atom is 0.355 e. The highest BCUT2D eigenvalue weighted by molar-refractivity contribution is 5.98. The van der Waals surface area contributed by atoms with Crippen LogP contribution in [0.25, 0.3) is 6.08 Å². The van der Waals surface area contributed by atoms with E-state index in [0.717, 1.165) is 24.8 Å². The van der Waals surface area contributed by atoms with Gasteiger partial charge in [-0.1, -0.05) is 30.3 Å². The molecular weight excluding hydrogens is 320 g/mol. The van der Waals surface area contributed by atoms with Gasteiger partial charge in [0.15, 0.2) is 6.61 Å². The molecule has 0 saturated carbocycles. The van der Waals surface area contributed by atoms with Crippen molar-refractivity contribution in [3.63, 3.8) is 0 Å². The Bertz CT molecular complexity index is 655. The molecule has 6 heteroatoms. The largest absolute Gasteiger partial charge is 0.451 e. The lowest BCUT2D eigenvalue weighted by Gasteiger charge is -2.33. The van der Waals surface area contributed by atoms with E-state index in [4.69, 9.17) is 4.74 Å². The Morgan fingerprint density at radius 2 is 1.96 bits per heavy atom. The molecule has 0 bridgehead atoms. The Morgan fingerprint density at radius 3 is 2.60 bits per heavy atom. The molecule has 0 aromatic heterocycles. The molecule has 0 aliphatic carbocycles. The molecule has 0 unspecified atom stereocenters. The van der Waals surface area contributed by atoms with E-state index in [2.05, 4.69) is 5.32 Å². The van der Waals surface area contributed by atoms with Gasteiger partial charge in [-0.15, -0.1) is 0 Å². The van der Waals surface area contributed by atoms with Gasteiger partial charge in [0.25, 0.3) is 5.91 Å². The molecule has 25 heavy (non-hydrogen) atoms. The van der Waals surface area contributed by atoms with Crippen LogP contribution in [0.2, 0.25) is 0 Å². The first kappa shape index (κ1) is 18.7. The molecule has 1 heterocycles. The molecule has 1 saturated heterocycles. The molecule has 1 N–H and O–H groups in total. The minimum atomic E-state index is -0.725. The molecule has 0 spiro atoms. The Hall–Kier alpha value is -2.63. The monoisotopic (exact) mass is 344 g/mol. The number of carbonyl (C=O) groups is 3. The lowest BCUT2D eigenvalue weighted by atomic mass is 10.0. The van der Waals surface area contributed by atoms with Gasteiger partial charge in [-0.3, -0.25) is 9.59 Å². The van der Waals surface area contributed by atoms with Crippen molar-refractivity contribution in [1.82, 2.24) is 10.2 Å². The van der Waals surface area contributed by atoms with Crippen LogP contribution in [0.3, 0.4) is 0 Å². The van der Waals surface area contributed by atoms with E-state index in [1.807, 2.05) is 25.1 Å². The molecule has 1 aliphatic heterocycles.